The van der Waals surface area contributed by atoms with Gasteiger partial charge in [0, 0.05) is 13.1 Å². The third-order valence-electron chi connectivity index (χ3n) is 2.85. The van der Waals surface area contributed by atoms with Crippen molar-refractivity contribution in [2.24, 2.45) is 4.99 Å². The van der Waals surface area contributed by atoms with Crippen LogP contribution in [0.25, 0.3) is 0 Å². The van der Waals surface area contributed by atoms with Crippen LogP contribution in [-0.4, -0.2) is 45.0 Å². The van der Waals surface area contributed by atoms with Crippen LogP contribution < -0.4 is 10.6 Å². The number of guanidine groups is 1. The van der Waals surface area contributed by atoms with Gasteiger partial charge in [0.1, 0.15) is 0 Å². The second-order valence-corrected chi connectivity index (χ2v) is 6.64. The zero-order chi connectivity index (χ0) is 12.7. The van der Waals surface area contributed by atoms with Crippen LogP contribution in [0.5, 0.6) is 0 Å². The highest BCUT2D eigenvalue weighted by molar-refractivity contribution is 7.92. The minimum atomic E-state index is -2.91. The Morgan fingerprint density at radius 1 is 1.24 bits per heavy atom. The highest BCUT2D eigenvalue weighted by Crippen LogP contribution is 2.19. The van der Waals surface area contributed by atoms with E-state index < -0.39 is 9.84 Å². The molecule has 0 amide bonds. The number of hydrogen-bond donors (Lipinski definition) is 2. The number of sulfone groups is 1. The van der Waals surface area contributed by atoms with E-state index in [0.29, 0.717) is 18.3 Å². The first kappa shape index (κ1) is 14.3. The average molecular weight is 261 g/mol. The van der Waals surface area contributed by atoms with Crippen LogP contribution in [0.4, 0.5) is 0 Å². The van der Waals surface area contributed by atoms with Gasteiger partial charge in [0.25, 0.3) is 0 Å². The third-order valence-corrected chi connectivity index (χ3v) is 5.11. The largest absolute Gasteiger partial charge is 0.357 e. The van der Waals surface area contributed by atoms with Gasteiger partial charge in [0.15, 0.2) is 15.8 Å². The summed E-state index contributed by atoms with van der Waals surface area (Å²) in [5.74, 6) is 1.03. The van der Waals surface area contributed by atoms with Crippen molar-refractivity contribution in [2.75, 3.05) is 25.4 Å². The van der Waals surface area contributed by atoms with E-state index in [1.807, 2.05) is 13.8 Å². The summed E-state index contributed by atoms with van der Waals surface area (Å²) < 4.78 is 23.6. The van der Waals surface area contributed by atoms with Crippen molar-refractivity contribution in [1.82, 2.24) is 10.6 Å². The zero-order valence-corrected chi connectivity index (χ0v) is 11.5. The molecule has 1 aliphatic rings. The second kappa shape index (κ2) is 6.83. The maximum absolute atomic E-state index is 11.8. The first-order chi connectivity index (χ1) is 8.10. The van der Waals surface area contributed by atoms with E-state index in [9.17, 15) is 8.42 Å². The molecule has 1 saturated heterocycles. The fraction of sp³-hybridized carbons (Fsp3) is 0.909. The topological polar surface area (TPSA) is 70.6 Å². The first-order valence-electron chi connectivity index (χ1n) is 6.34. The van der Waals surface area contributed by atoms with Gasteiger partial charge in [-0.3, -0.25) is 4.99 Å². The molecule has 0 radical (unpaired) electrons. The molecular weight excluding hydrogens is 238 g/mol. The van der Waals surface area contributed by atoms with Crippen LogP contribution in [0.3, 0.4) is 0 Å². The van der Waals surface area contributed by atoms with Crippen LogP contribution in [-0.2, 0) is 9.84 Å². The Hall–Kier alpha value is -0.780. The monoisotopic (exact) mass is 261 g/mol. The molecule has 0 unspecified atom stereocenters. The van der Waals surface area contributed by atoms with Gasteiger partial charge < -0.3 is 10.6 Å². The molecule has 1 fully saturated rings. The number of hydrogen-bond acceptors (Lipinski definition) is 3. The Morgan fingerprint density at radius 3 is 2.41 bits per heavy atom. The van der Waals surface area contributed by atoms with E-state index in [4.69, 9.17) is 0 Å². The summed E-state index contributed by atoms with van der Waals surface area (Å²) in [5, 5.41) is 5.90. The molecule has 1 aliphatic heterocycles. The molecule has 0 aromatic rings. The predicted octanol–water partition coefficient (Wildman–Crippen LogP) is 0.529. The molecule has 1 rings (SSSR count). The van der Waals surface area contributed by atoms with Crippen molar-refractivity contribution in [3.8, 4) is 0 Å². The molecule has 1 heterocycles. The lowest BCUT2D eigenvalue weighted by atomic mass is 10.2. The Balaban J connectivity index is 2.59. The molecule has 0 aromatic heterocycles. The van der Waals surface area contributed by atoms with Gasteiger partial charge >= 0.3 is 0 Å². The lowest BCUT2D eigenvalue weighted by Crippen LogP contribution is -2.39. The van der Waals surface area contributed by atoms with E-state index in [2.05, 4.69) is 15.6 Å². The van der Waals surface area contributed by atoms with Gasteiger partial charge in [-0.05, 0) is 26.7 Å². The molecule has 0 aliphatic carbocycles. The van der Waals surface area contributed by atoms with Crippen LogP contribution in [0.1, 0.15) is 33.1 Å². The second-order valence-electron chi connectivity index (χ2n) is 4.23. The number of aliphatic imine (C=N–C) groups is 1. The van der Waals surface area contributed by atoms with Crippen LogP contribution >= 0.6 is 0 Å². The molecule has 0 saturated carbocycles. The fourth-order valence-corrected chi connectivity index (χ4v) is 3.70. The van der Waals surface area contributed by atoms with Crippen LogP contribution in [0, 0.1) is 0 Å². The van der Waals surface area contributed by atoms with Gasteiger partial charge in [-0.1, -0.05) is 6.42 Å². The van der Waals surface area contributed by atoms with Gasteiger partial charge in [0.05, 0.1) is 17.5 Å². The van der Waals surface area contributed by atoms with E-state index in [1.54, 1.807) is 0 Å². The lowest BCUT2D eigenvalue weighted by molar-refractivity contribution is 0.541. The highest BCUT2D eigenvalue weighted by Gasteiger charge is 2.28. The molecule has 2 N–H and O–H groups in total. The van der Waals surface area contributed by atoms with Crippen LogP contribution in [0.15, 0.2) is 4.99 Å². The minimum absolute atomic E-state index is 0.288. The molecule has 17 heavy (non-hydrogen) atoms. The molecule has 100 valence electrons. The summed E-state index contributed by atoms with van der Waals surface area (Å²) in [5.41, 5.74) is 0. The van der Waals surface area contributed by atoms with Crippen molar-refractivity contribution < 1.29 is 8.42 Å². The van der Waals surface area contributed by atoms with Gasteiger partial charge in [-0.2, -0.15) is 0 Å². The van der Waals surface area contributed by atoms with Crippen LogP contribution in [0.2, 0.25) is 0 Å². The quantitative estimate of drug-likeness (QED) is 0.572. The summed E-state index contributed by atoms with van der Waals surface area (Å²) in [7, 11) is -2.91. The summed E-state index contributed by atoms with van der Waals surface area (Å²) in [6.07, 6.45) is 2.55. The molecule has 1 atom stereocenters. The first-order valence-corrected chi connectivity index (χ1v) is 8.05. The average Bonchev–Trinajstić information content (AvgIpc) is 2.27. The fourth-order valence-electron chi connectivity index (χ4n) is 1.93. The van der Waals surface area contributed by atoms with Gasteiger partial charge in [-0.15, -0.1) is 0 Å². The predicted molar refractivity (Wildman–Crippen MR) is 71.1 cm³/mol. The molecular formula is C11H23N3O2S. The Bertz CT molecular complexity index is 344. The maximum atomic E-state index is 11.8. The molecule has 6 heteroatoms. The number of nitrogens with zero attached hydrogens (tertiary/aromatic N) is 1. The normalized spacial score (nSPS) is 22.8. The summed E-state index contributed by atoms with van der Waals surface area (Å²) >= 11 is 0. The SMILES string of the molecule is CCNC(=NC[C@H]1CCCCS1(=O)=O)NCC. The summed E-state index contributed by atoms with van der Waals surface area (Å²) in [6.45, 7) is 5.92. The Kier molecular flexibility index (Phi) is 5.74. The van der Waals surface area contributed by atoms with E-state index in [0.717, 1.165) is 32.4 Å². The van der Waals surface area contributed by atoms with Crippen molar-refractivity contribution in [1.29, 1.82) is 0 Å². The van der Waals surface area contributed by atoms with Crippen molar-refractivity contribution >= 4 is 15.8 Å². The molecule has 0 bridgehead atoms. The molecule has 0 aromatic carbocycles. The smallest absolute Gasteiger partial charge is 0.191 e. The van der Waals surface area contributed by atoms with Crippen molar-refractivity contribution in [3.63, 3.8) is 0 Å². The van der Waals surface area contributed by atoms with Crippen molar-refractivity contribution in [3.05, 3.63) is 0 Å². The summed E-state index contributed by atoms with van der Waals surface area (Å²) in [6, 6.07) is 0. The maximum Gasteiger partial charge on any atom is 0.191 e. The van der Waals surface area contributed by atoms with Gasteiger partial charge in [-0.25, -0.2) is 8.42 Å². The Morgan fingerprint density at radius 2 is 1.88 bits per heavy atom. The molecule has 5 nitrogen and oxygen atoms in total. The highest BCUT2D eigenvalue weighted by atomic mass is 32.2. The number of nitrogens with one attached hydrogen (secondary N) is 2. The minimum Gasteiger partial charge on any atom is -0.357 e. The number of rotatable bonds is 4. The summed E-state index contributed by atoms with van der Waals surface area (Å²) in [4.78, 5) is 4.34. The van der Waals surface area contributed by atoms with Crippen molar-refractivity contribution in [2.45, 2.75) is 38.4 Å². The lowest BCUT2D eigenvalue weighted by Gasteiger charge is -2.21. The van der Waals surface area contributed by atoms with E-state index in [1.165, 1.54) is 0 Å². The third kappa shape index (κ3) is 4.53. The Labute approximate surface area is 104 Å². The van der Waals surface area contributed by atoms with E-state index in [-0.39, 0.29) is 5.25 Å². The molecule has 0 spiro atoms. The zero-order valence-electron chi connectivity index (χ0n) is 10.7. The standard InChI is InChI=1S/C11H23N3O2S/c1-3-12-11(13-4-2)14-9-10-7-5-6-8-17(10,15)16/h10H,3-9H2,1-2H3,(H2,12,13,14)/t10-/m1/s1. The van der Waals surface area contributed by atoms with E-state index >= 15 is 0 Å². The van der Waals surface area contributed by atoms with Gasteiger partial charge in [0.2, 0.25) is 0 Å².